The normalized spacial score (nSPS) is 9.86. The number of hydrogen-bond donors (Lipinski definition) is 2. The lowest BCUT2D eigenvalue weighted by molar-refractivity contribution is 0.0692. The predicted octanol–water partition coefficient (Wildman–Crippen LogP) is 0.562. The van der Waals surface area contributed by atoms with Crippen molar-refractivity contribution in [3.8, 4) is 11.8 Å². The molecule has 0 heterocycles. The number of ether oxygens (including phenoxy) is 2. The molecule has 1 aromatic rings. The minimum Gasteiger partial charge on any atom is -0.384 e. The van der Waals surface area contributed by atoms with Gasteiger partial charge in [0.25, 0.3) is 5.91 Å². The molecule has 1 aromatic carbocycles. The van der Waals surface area contributed by atoms with Gasteiger partial charge in [-0.25, -0.2) is 4.39 Å². The quantitative estimate of drug-likeness (QED) is 0.570. The molecular formula is C15H18FNO4. The van der Waals surface area contributed by atoms with Crippen LogP contribution in [0.25, 0.3) is 0 Å². The highest BCUT2D eigenvalue weighted by Crippen LogP contribution is 2.10. The second kappa shape index (κ2) is 9.88. The number of rotatable bonds is 7. The van der Waals surface area contributed by atoms with Crippen LogP contribution in [0.4, 0.5) is 4.39 Å². The molecule has 114 valence electrons. The van der Waals surface area contributed by atoms with Crippen molar-refractivity contribution in [3.05, 3.63) is 35.1 Å². The number of benzene rings is 1. The first kappa shape index (κ1) is 17.1. The van der Waals surface area contributed by atoms with E-state index in [1.54, 1.807) is 7.11 Å². The number of methoxy groups -OCH3 is 1. The van der Waals surface area contributed by atoms with Gasteiger partial charge in [-0.15, -0.1) is 0 Å². The molecule has 0 aromatic heterocycles. The van der Waals surface area contributed by atoms with E-state index in [1.807, 2.05) is 0 Å². The lowest BCUT2D eigenvalue weighted by atomic mass is 10.1. The maximum atomic E-state index is 13.2. The SMILES string of the molecule is COCCOCCNC(=O)c1ccc(F)cc1C#CCO. The average molecular weight is 295 g/mol. The first-order valence-electron chi connectivity index (χ1n) is 6.43. The van der Waals surface area contributed by atoms with Gasteiger partial charge in [-0.2, -0.15) is 0 Å². The van der Waals surface area contributed by atoms with Crippen LogP contribution in [0, 0.1) is 17.7 Å². The van der Waals surface area contributed by atoms with Crippen LogP contribution in [0.15, 0.2) is 18.2 Å². The van der Waals surface area contributed by atoms with Crippen LogP contribution in [0.5, 0.6) is 0 Å². The Balaban J connectivity index is 2.57. The van der Waals surface area contributed by atoms with Crippen molar-refractivity contribution in [1.29, 1.82) is 0 Å². The molecule has 0 fully saturated rings. The van der Waals surface area contributed by atoms with Gasteiger partial charge in [0.15, 0.2) is 0 Å². The van der Waals surface area contributed by atoms with Crippen molar-refractivity contribution in [2.45, 2.75) is 0 Å². The summed E-state index contributed by atoms with van der Waals surface area (Å²) in [6.45, 7) is 1.27. The summed E-state index contributed by atoms with van der Waals surface area (Å²) in [5, 5.41) is 11.3. The molecule has 0 aliphatic heterocycles. The van der Waals surface area contributed by atoms with Crippen molar-refractivity contribution in [2.75, 3.05) is 40.1 Å². The molecule has 0 unspecified atom stereocenters. The van der Waals surface area contributed by atoms with Crippen molar-refractivity contribution in [1.82, 2.24) is 5.32 Å². The van der Waals surface area contributed by atoms with E-state index in [1.165, 1.54) is 12.1 Å². The Labute approximate surface area is 123 Å². The fourth-order valence-electron chi connectivity index (χ4n) is 1.53. The predicted molar refractivity (Wildman–Crippen MR) is 75.4 cm³/mol. The number of aliphatic hydroxyl groups excluding tert-OH is 1. The van der Waals surface area contributed by atoms with Crippen molar-refractivity contribution in [3.63, 3.8) is 0 Å². The standard InChI is InChI=1S/C15H18FNO4/c1-20-9-10-21-8-6-17-15(19)14-5-4-13(16)11-12(14)3-2-7-18/h4-5,11,18H,6-10H2,1H3,(H,17,19). The maximum absolute atomic E-state index is 13.2. The Bertz CT molecular complexity index is 522. The van der Waals surface area contributed by atoms with E-state index in [0.29, 0.717) is 26.4 Å². The summed E-state index contributed by atoms with van der Waals surface area (Å²) in [7, 11) is 1.58. The van der Waals surface area contributed by atoms with Crippen LogP contribution < -0.4 is 5.32 Å². The third kappa shape index (κ3) is 6.36. The fraction of sp³-hybridized carbons (Fsp3) is 0.400. The van der Waals surface area contributed by atoms with Crippen LogP contribution in [-0.4, -0.2) is 51.1 Å². The third-order valence-corrected chi connectivity index (χ3v) is 2.49. The fourth-order valence-corrected chi connectivity index (χ4v) is 1.53. The van der Waals surface area contributed by atoms with Gasteiger partial charge < -0.3 is 19.9 Å². The summed E-state index contributed by atoms with van der Waals surface area (Å²) in [5.74, 6) is 4.09. The van der Waals surface area contributed by atoms with Gasteiger partial charge in [0.05, 0.1) is 25.4 Å². The molecule has 6 heteroatoms. The van der Waals surface area contributed by atoms with Crippen LogP contribution in [0.1, 0.15) is 15.9 Å². The largest absolute Gasteiger partial charge is 0.384 e. The molecule has 5 nitrogen and oxygen atoms in total. The first-order chi connectivity index (χ1) is 10.2. The van der Waals surface area contributed by atoms with Crippen molar-refractivity contribution < 1.29 is 23.8 Å². The highest BCUT2D eigenvalue weighted by Gasteiger charge is 2.10. The molecule has 0 bridgehead atoms. The Hall–Kier alpha value is -1.94. The third-order valence-electron chi connectivity index (χ3n) is 2.49. The molecule has 1 rings (SSSR count). The molecule has 0 radical (unpaired) electrons. The molecule has 0 saturated carbocycles. The Morgan fingerprint density at radius 2 is 2.19 bits per heavy atom. The summed E-state index contributed by atoms with van der Waals surface area (Å²) in [4.78, 5) is 12.0. The number of aliphatic hydroxyl groups is 1. The van der Waals surface area contributed by atoms with Gasteiger partial charge in [-0.05, 0) is 18.2 Å². The summed E-state index contributed by atoms with van der Waals surface area (Å²) < 4.78 is 23.2. The second-order valence-electron chi connectivity index (χ2n) is 4.01. The van der Waals surface area contributed by atoms with E-state index in [-0.39, 0.29) is 23.6 Å². The molecule has 0 aliphatic rings. The number of hydrogen-bond acceptors (Lipinski definition) is 4. The van der Waals surface area contributed by atoms with Gasteiger partial charge in [0.2, 0.25) is 0 Å². The smallest absolute Gasteiger partial charge is 0.252 e. The lowest BCUT2D eigenvalue weighted by Crippen LogP contribution is -2.28. The van der Waals surface area contributed by atoms with Gasteiger partial charge in [-0.3, -0.25) is 4.79 Å². The second-order valence-corrected chi connectivity index (χ2v) is 4.01. The molecule has 0 aliphatic carbocycles. The minimum atomic E-state index is -0.489. The lowest BCUT2D eigenvalue weighted by Gasteiger charge is -2.08. The van der Waals surface area contributed by atoms with Gasteiger partial charge in [0, 0.05) is 19.2 Å². The zero-order valence-electron chi connectivity index (χ0n) is 11.8. The molecule has 0 saturated heterocycles. The molecule has 21 heavy (non-hydrogen) atoms. The van der Waals surface area contributed by atoms with E-state index >= 15 is 0 Å². The van der Waals surface area contributed by atoms with Crippen molar-refractivity contribution >= 4 is 5.91 Å². The highest BCUT2D eigenvalue weighted by molar-refractivity contribution is 5.96. The number of nitrogens with one attached hydrogen (secondary N) is 1. The maximum Gasteiger partial charge on any atom is 0.252 e. The van der Waals surface area contributed by atoms with E-state index in [2.05, 4.69) is 17.2 Å². The van der Waals surface area contributed by atoms with E-state index < -0.39 is 5.82 Å². The van der Waals surface area contributed by atoms with Gasteiger partial charge in [-0.1, -0.05) is 11.8 Å². The van der Waals surface area contributed by atoms with Crippen LogP contribution in [0.2, 0.25) is 0 Å². The summed E-state index contributed by atoms with van der Waals surface area (Å²) in [6.07, 6.45) is 0. The topological polar surface area (TPSA) is 67.8 Å². The zero-order chi connectivity index (χ0) is 15.5. The van der Waals surface area contributed by atoms with E-state index in [0.717, 1.165) is 6.07 Å². The number of carbonyl (C=O) groups excluding carboxylic acids is 1. The average Bonchev–Trinajstić information content (AvgIpc) is 2.48. The van der Waals surface area contributed by atoms with E-state index in [9.17, 15) is 9.18 Å². The molecular weight excluding hydrogens is 277 g/mol. The number of halogens is 1. The van der Waals surface area contributed by atoms with Crippen molar-refractivity contribution in [2.24, 2.45) is 0 Å². The Morgan fingerprint density at radius 1 is 1.38 bits per heavy atom. The molecule has 0 spiro atoms. The first-order valence-corrected chi connectivity index (χ1v) is 6.43. The molecule has 1 amide bonds. The zero-order valence-corrected chi connectivity index (χ0v) is 11.8. The Morgan fingerprint density at radius 3 is 2.90 bits per heavy atom. The summed E-state index contributed by atoms with van der Waals surface area (Å²) in [6, 6.07) is 3.71. The monoisotopic (exact) mass is 295 g/mol. The van der Waals surface area contributed by atoms with Gasteiger partial charge >= 0.3 is 0 Å². The molecule has 2 N–H and O–H groups in total. The summed E-state index contributed by atoms with van der Waals surface area (Å²) in [5.41, 5.74) is 0.496. The van der Waals surface area contributed by atoms with Crippen LogP contribution in [0.3, 0.4) is 0 Å². The van der Waals surface area contributed by atoms with E-state index in [4.69, 9.17) is 14.6 Å². The van der Waals surface area contributed by atoms with Gasteiger partial charge in [0.1, 0.15) is 12.4 Å². The van der Waals surface area contributed by atoms with Crippen LogP contribution >= 0.6 is 0 Å². The molecule has 0 atom stereocenters. The number of amides is 1. The number of carbonyl (C=O) groups is 1. The summed E-state index contributed by atoms with van der Waals surface area (Å²) >= 11 is 0. The highest BCUT2D eigenvalue weighted by atomic mass is 19.1. The minimum absolute atomic E-state index is 0.238. The Kier molecular flexibility index (Phi) is 8.05. The van der Waals surface area contributed by atoms with Crippen LogP contribution in [-0.2, 0) is 9.47 Å².